The second kappa shape index (κ2) is 11.2. The summed E-state index contributed by atoms with van der Waals surface area (Å²) in [4.78, 5) is 77.3. The van der Waals surface area contributed by atoms with Crippen molar-refractivity contribution in [3.8, 4) is 5.75 Å². The standard InChI is InChI=1S/C29H21Br2N3O9/c30-24-18-12-19(25(24)31)23-22(18)27(37)33(28(23)38)32(26(36)15-3-7-16(8-4-15)34(40)41)13-20(35)14-5-9-17(10-6-14)43-29(39)21-2-1-11-42-21/h1-11,18-19,22-25H,12-13H2/t18-,19-,22-,23-,24+,25+/m1/s1. The second-order valence-corrected chi connectivity index (χ2v) is 12.6. The number of nitrogens with zero attached hydrogens (tertiary/aromatic N) is 3. The monoisotopic (exact) mass is 713 g/mol. The largest absolute Gasteiger partial charge is 0.457 e. The number of esters is 1. The fourth-order valence-electron chi connectivity index (χ4n) is 6.17. The number of hydrogen-bond donors (Lipinski definition) is 0. The molecule has 3 aromatic rings. The van der Waals surface area contributed by atoms with Gasteiger partial charge in [-0.05, 0) is 66.8 Å². The zero-order valence-electron chi connectivity index (χ0n) is 22.0. The number of alkyl halides is 2. The lowest BCUT2D eigenvalue weighted by molar-refractivity contribution is -0.384. The molecule has 6 rings (SSSR count). The van der Waals surface area contributed by atoms with E-state index >= 15 is 0 Å². The highest BCUT2D eigenvalue weighted by atomic mass is 79.9. The van der Waals surface area contributed by atoms with Crippen molar-refractivity contribution in [2.45, 2.75) is 16.1 Å². The molecule has 14 heteroatoms. The van der Waals surface area contributed by atoms with Crippen molar-refractivity contribution in [3.63, 3.8) is 0 Å². The van der Waals surface area contributed by atoms with Crippen molar-refractivity contribution in [1.29, 1.82) is 0 Å². The first-order chi connectivity index (χ1) is 20.6. The molecule has 2 bridgehead atoms. The predicted octanol–water partition coefficient (Wildman–Crippen LogP) is 4.43. The van der Waals surface area contributed by atoms with Crippen molar-refractivity contribution < 1.29 is 38.1 Å². The highest BCUT2D eigenvalue weighted by molar-refractivity contribution is 9.12. The number of carbonyl (C=O) groups excluding carboxylic acids is 5. The minimum atomic E-state index is -0.841. The van der Waals surface area contributed by atoms with E-state index in [1.54, 1.807) is 0 Å². The molecular weight excluding hydrogens is 694 g/mol. The maximum atomic E-state index is 13.8. The average molecular weight is 715 g/mol. The Balaban J connectivity index is 1.27. The third-order valence-corrected chi connectivity index (χ3v) is 11.4. The van der Waals surface area contributed by atoms with Crippen LogP contribution in [0.4, 0.5) is 5.69 Å². The quantitative estimate of drug-likeness (QED) is 0.0627. The average Bonchev–Trinajstić information content (AvgIpc) is 3.78. The number of fused-ring (bicyclic) bond motifs is 5. The third kappa shape index (κ3) is 4.97. The molecule has 6 atom stereocenters. The van der Waals surface area contributed by atoms with Gasteiger partial charge in [0, 0.05) is 32.9 Å². The Bertz CT molecular complexity index is 1610. The van der Waals surface area contributed by atoms with Crippen LogP contribution in [0.2, 0.25) is 0 Å². The van der Waals surface area contributed by atoms with Crippen molar-refractivity contribution in [1.82, 2.24) is 10.0 Å². The fraction of sp³-hybridized carbons (Fsp3) is 0.276. The number of rotatable bonds is 8. The lowest BCUT2D eigenvalue weighted by atomic mass is 9.81. The molecule has 3 fully saturated rings. The molecule has 1 aliphatic heterocycles. The van der Waals surface area contributed by atoms with Crippen LogP contribution in [0.3, 0.4) is 0 Å². The molecule has 2 aliphatic carbocycles. The number of hydrazine groups is 1. The molecule has 3 aliphatic rings. The molecule has 1 saturated heterocycles. The van der Waals surface area contributed by atoms with Gasteiger partial charge in [-0.15, -0.1) is 0 Å². The van der Waals surface area contributed by atoms with Crippen molar-refractivity contribution >= 4 is 67.0 Å². The molecule has 12 nitrogen and oxygen atoms in total. The lowest BCUT2D eigenvalue weighted by Gasteiger charge is -2.30. The number of ether oxygens (including phenoxy) is 1. The summed E-state index contributed by atoms with van der Waals surface area (Å²) in [6, 6.07) is 13.2. The van der Waals surface area contributed by atoms with Gasteiger partial charge in [0.25, 0.3) is 23.4 Å². The maximum absolute atomic E-state index is 13.8. The van der Waals surface area contributed by atoms with Gasteiger partial charge in [-0.3, -0.25) is 29.3 Å². The van der Waals surface area contributed by atoms with Gasteiger partial charge in [0.05, 0.1) is 23.0 Å². The van der Waals surface area contributed by atoms with Gasteiger partial charge in [0.15, 0.2) is 5.78 Å². The van der Waals surface area contributed by atoms with E-state index in [9.17, 15) is 34.1 Å². The number of ketones is 1. The number of amides is 3. The Labute approximate surface area is 260 Å². The third-order valence-electron chi connectivity index (χ3n) is 8.17. The number of hydrogen-bond acceptors (Lipinski definition) is 9. The van der Waals surface area contributed by atoms with Crippen LogP contribution in [0.1, 0.15) is 37.7 Å². The summed E-state index contributed by atoms with van der Waals surface area (Å²) in [7, 11) is 0. The van der Waals surface area contributed by atoms with Crippen molar-refractivity contribution in [2.75, 3.05) is 6.54 Å². The van der Waals surface area contributed by atoms with Gasteiger partial charge in [-0.2, -0.15) is 5.01 Å². The van der Waals surface area contributed by atoms with E-state index in [-0.39, 0.29) is 49.8 Å². The Hall–Kier alpha value is -4.17. The normalized spacial score (nSPS) is 25.5. The van der Waals surface area contributed by atoms with E-state index in [0.717, 1.165) is 22.2 Å². The number of furan rings is 1. The molecule has 220 valence electrons. The van der Waals surface area contributed by atoms with Crippen LogP contribution in [0.5, 0.6) is 5.75 Å². The van der Waals surface area contributed by atoms with Gasteiger partial charge >= 0.3 is 5.97 Å². The molecular formula is C29H21Br2N3O9. The molecule has 0 unspecified atom stereocenters. The summed E-state index contributed by atoms with van der Waals surface area (Å²) in [5.41, 5.74) is -0.172. The summed E-state index contributed by atoms with van der Waals surface area (Å²) in [5.74, 6) is -4.68. The zero-order chi connectivity index (χ0) is 30.6. The Morgan fingerprint density at radius 1 is 0.930 bits per heavy atom. The van der Waals surface area contributed by atoms with Crippen LogP contribution in [-0.4, -0.2) is 60.6 Å². The molecule has 3 amide bonds. The number of Topliss-reactive ketones (excluding diaryl/α,β-unsaturated/α-hetero) is 1. The van der Waals surface area contributed by atoms with E-state index in [1.165, 1.54) is 54.8 Å². The number of non-ortho nitro benzene ring substituents is 1. The first kappa shape index (κ1) is 28.9. The summed E-state index contributed by atoms with van der Waals surface area (Å²) < 4.78 is 10.2. The van der Waals surface area contributed by atoms with Crippen LogP contribution in [0.15, 0.2) is 71.3 Å². The van der Waals surface area contributed by atoms with Gasteiger partial charge < -0.3 is 9.15 Å². The number of nitro groups is 1. The van der Waals surface area contributed by atoms with Gasteiger partial charge in [0.1, 0.15) is 12.3 Å². The van der Waals surface area contributed by atoms with Crippen LogP contribution in [0, 0.1) is 33.8 Å². The van der Waals surface area contributed by atoms with Crippen molar-refractivity contribution in [3.05, 3.63) is 93.9 Å². The number of nitro benzene ring substituents is 1. The van der Waals surface area contributed by atoms with Gasteiger partial charge in [-0.1, -0.05) is 31.9 Å². The first-order valence-corrected chi connectivity index (χ1v) is 15.0. The van der Waals surface area contributed by atoms with Crippen molar-refractivity contribution in [2.24, 2.45) is 23.7 Å². The summed E-state index contributed by atoms with van der Waals surface area (Å²) in [5, 5.41) is 12.7. The molecule has 0 radical (unpaired) electrons. The first-order valence-electron chi connectivity index (χ1n) is 13.2. The Morgan fingerprint density at radius 3 is 2.05 bits per heavy atom. The van der Waals surface area contributed by atoms with E-state index in [4.69, 9.17) is 9.15 Å². The van der Waals surface area contributed by atoms with Crippen LogP contribution >= 0.6 is 31.9 Å². The minimum absolute atomic E-state index is 0.00355. The number of halogens is 2. The number of imide groups is 1. The summed E-state index contributed by atoms with van der Waals surface area (Å²) in [6.45, 7) is -0.664. The predicted molar refractivity (Wildman–Crippen MR) is 154 cm³/mol. The molecule has 1 aromatic heterocycles. The lowest BCUT2D eigenvalue weighted by Crippen LogP contribution is -2.52. The van der Waals surface area contributed by atoms with E-state index in [0.29, 0.717) is 6.42 Å². The molecule has 0 spiro atoms. The molecule has 2 heterocycles. The van der Waals surface area contributed by atoms with E-state index < -0.39 is 52.8 Å². The summed E-state index contributed by atoms with van der Waals surface area (Å²) in [6.07, 6.45) is 2.00. The molecule has 0 N–H and O–H groups in total. The molecule has 43 heavy (non-hydrogen) atoms. The zero-order valence-corrected chi connectivity index (χ0v) is 25.2. The number of benzene rings is 2. The highest BCUT2D eigenvalue weighted by Crippen LogP contribution is 2.60. The van der Waals surface area contributed by atoms with Crippen LogP contribution < -0.4 is 4.74 Å². The number of carbonyl (C=O) groups is 5. The minimum Gasteiger partial charge on any atom is -0.457 e. The van der Waals surface area contributed by atoms with Gasteiger partial charge in [-0.25, -0.2) is 9.80 Å². The SMILES string of the molecule is O=C(CN(C(=O)c1ccc([N+](=O)[O-])cc1)N1C(=O)[C@@H]2[C@H]3C[C@@H]([C@H](Br)[C@H]3Br)[C@H]2C1=O)c1ccc(OC(=O)c2ccco2)cc1. The second-order valence-electron chi connectivity index (χ2n) is 10.5. The highest BCUT2D eigenvalue weighted by Gasteiger charge is 2.67. The summed E-state index contributed by atoms with van der Waals surface area (Å²) >= 11 is 7.27. The van der Waals surface area contributed by atoms with Crippen LogP contribution in [-0.2, 0) is 9.59 Å². The Kier molecular flexibility index (Phi) is 7.50. The fourth-order valence-corrected chi connectivity index (χ4v) is 8.04. The maximum Gasteiger partial charge on any atom is 0.379 e. The van der Waals surface area contributed by atoms with E-state index in [1.807, 2.05) is 0 Å². The van der Waals surface area contributed by atoms with Crippen LogP contribution in [0.25, 0.3) is 0 Å². The Morgan fingerprint density at radius 2 is 1.51 bits per heavy atom. The van der Waals surface area contributed by atoms with Gasteiger partial charge in [0.2, 0.25) is 5.76 Å². The topological polar surface area (TPSA) is 157 Å². The van der Waals surface area contributed by atoms with E-state index in [2.05, 4.69) is 31.9 Å². The molecule has 2 saturated carbocycles. The molecule has 2 aromatic carbocycles. The smallest absolute Gasteiger partial charge is 0.379 e.